The van der Waals surface area contributed by atoms with Crippen LogP contribution in [0.25, 0.3) is 44.7 Å². The molecule has 178 valence electrons. The molecule has 5 aromatic rings. The highest BCUT2D eigenvalue weighted by Gasteiger charge is 2.51. The van der Waals surface area contributed by atoms with E-state index >= 15 is 0 Å². The van der Waals surface area contributed by atoms with Gasteiger partial charge in [0, 0.05) is 28.9 Å². The van der Waals surface area contributed by atoms with Crippen LogP contribution in [-0.4, -0.2) is 27.9 Å². The monoisotopic (exact) mass is 472 g/mol. The Morgan fingerprint density at radius 3 is 2.00 bits per heavy atom. The van der Waals surface area contributed by atoms with E-state index in [0.717, 1.165) is 38.9 Å². The number of nitrogens with zero attached hydrogens (tertiary/aromatic N) is 2. The van der Waals surface area contributed by atoms with Crippen LogP contribution in [0.2, 0.25) is 0 Å². The normalized spacial score (nSPS) is 16.6. The molecule has 0 saturated carbocycles. The Bertz CT molecular complexity index is 1590. The Labute approximate surface area is 212 Å². The van der Waals surface area contributed by atoms with Crippen molar-refractivity contribution < 1.29 is 9.31 Å². The van der Waals surface area contributed by atoms with Crippen molar-refractivity contribution in [2.75, 3.05) is 0 Å². The first-order valence-corrected chi connectivity index (χ1v) is 12.3. The van der Waals surface area contributed by atoms with Crippen molar-refractivity contribution >= 4 is 40.5 Å². The number of hydrogen-bond donors (Lipinski definition) is 0. The van der Waals surface area contributed by atoms with E-state index < -0.39 is 7.12 Å². The zero-order valence-electron chi connectivity index (χ0n) is 21.2. The van der Waals surface area contributed by atoms with E-state index in [0.29, 0.717) is 0 Å². The van der Waals surface area contributed by atoms with Crippen LogP contribution in [0.4, 0.5) is 0 Å². The van der Waals surface area contributed by atoms with Crippen LogP contribution in [0.3, 0.4) is 0 Å². The van der Waals surface area contributed by atoms with Crippen LogP contribution in [0, 0.1) is 0 Å². The van der Waals surface area contributed by atoms with Gasteiger partial charge in [-0.05, 0) is 92.3 Å². The second-order valence-electron chi connectivity index (χ2n) is 10.5. The third-order valence-corrected chi connectivity index (χ3v) is 7.72. The summed E-state index contributed by atoms with van der Waals surface area (Å²) in [5, 5.41) is 2.35. The van der Waals surface area contributed by atoms with Crippen molar-refractivity contribution in [1.82, 2.24) is 9.55 Å². The van der Waals surface area contributed by atoms with Gasteiger partial charge in [-0.25, -0.2) is 0 Å². The Morgan fingerprint density at radius 2 is 1.36 bits per heavy atom. The fourth-order valence-electron chi connectivity index (χ4n) is 4.93. The molecule has 6 rings (SSSR count). The molecule has 3 heterocycles. The molecule has 0 atom stereocenters. The highest BCUT2D eigenvalue weighted by Crippen LogP contribution is 2.38. The molecule has 5 heteroatoms. The summed E-state index contributed by atoms with van der Waals surface area (Å²) in [7, 11) is -0.409. The van der Waals surface area contributed by atoms with Gasteiger partial charge in [-0.2, -0.15) is 0 Å². The van der Waals surface area contributed by atoms with Gasteiger partial charge in [0.1, 0.15) is 0 Å². The van der Waals surface area contributed by atoms with Crippen molar-refractivity contribution in [1.29, 1.82) is 0 Å². The van der Waals surface area contributed by atoms with Gasteiger partial charge >= 0.3 is 7.12 Å². The van der Waals surface area contributed by atoms with Crippen molar-refractivity contribution in [3.05, 3.63) is 97.3 Å². The first kappa shape index (κ1) is 22.8. The van der Waals surface area contributed by atoms with Crippen LogP contribution < -0.4 is 5.46 Å². The number of rotatable bonds is 4. The summed E-state index contributed by atoms with van der Waals surface area (Å²) >= 11 is 0. The second kappa shape index (κ2) is 8.19. The summed E-state index contributed by atoms with van der Waals surface area (Å²) in [5.74, 6) is 0. The maximum Gasteiger partial charge on any atom is 0.494 e. The van der Waals surface area contributed by atoms with E-state index in [1.165, 1.54) is 10.8 Å². The smallest absolute Gasteiger partial charge is 0.399 e. The van der Waals surface area contributed by atoms with E-state index in [9.17, 15) is 0 Å². The van der Waals surface area contributed by atoms with Crippen molar-refractivity contribution in [2.24, 2.45) is 0 Å². The summed E-state index contributed by atoms with van der Waals surface area (Å²) in [6, 6.07) is 25.8. The van der Waals surface area contributed by atoms with Crippen molar-refractivity contribution in [2.45, 2.75) is 38.9 Å². The first-order valence-electron chi connectivity index (χ1n) is 12.3. The number of aromatic nitrogens is 2. The van der Waals surface area contributed by atoms with Crippen molar-refractivity contribution in [3.63, 3.8) is 0 Å². The van der Waals surface area contributed by atoms with E-state index in [-0.39, 0.29) is 11.2 Å². The molecular formula is C31H29BN2O2. The lowest BCUT2D eigenvalue weighted by Crippen LogP contribution is -2.41. The van der Waals surface area contributed by atoms with Gasteiger partial charge in [-0.3, -0.25) is 4.98 Å². The summed E-state index contributed by atoms with van der Waals surface area (Å²) in [6.45, 7) is 12.2. The summed E-state index contributed by atoms with van der Waals surface area (Å²) in [4.78, 5) is 4.18. The fourth-order valence-corrected chi connectivity index (χ4v) is 4.93. The molecule has 3 aromatic carbocycles. The first-order chi connectivity index (χ1) is 17.3. The number of hydrogen-bond acceptors (Lipinski definition) is 3. The second-order valence-corrected chi connectivity index (χ2v) is 10.5. The SMILES string of the molecule is C=Cc1ccc(-n2c3ccc(B4OC(C)(C)C(C)(C)O4)cc3c3cc(-c4ccncc4)ccc32)cc1. The Kier molecular flexibility index (Phi) is 5.18. The van der Waals surface area contributed by atoms with Crippen molar-refractivity contribution in [3.8, 4) is 16.8 Å². The molecule has 0 radical (unpaired) electrons. The molecule has 1 saturated heterocycles. The van der Waals surface area contributed by atoms with Gasteiger partial charge in [0.25, 0.3) is 0 Å². The summed E-state index contributed by atoms with van der Waals surface area (Å²) in [6.07, 6.45) is 5.54. The molecular weight excluding hydrogens is 443 g/mol. The lowest BCUT2D eigenvalue weighted by molar-refractivity contribution is 0.00578. The summed E-state index contributed by atoms with van der Waals surface area (Å²) in [5.41, 5.74) is 7.06. The quantitative estimate of drug-likeness (QED) is 0.270. The molecule has 2 aromatic heterocycles. The Balaban J connectivity index is 1.57. The predicted octanol–water partition coefficient (Wildman–Crippen LogP) is 6.79. The third kappa shape index (κ3) is 3.58. The average Bonchev–Trinajstić information content (AvgIpc) is 3.33. The van der Waals surface area contributed by atoms with Crippen LogP contribution in [0.1, 0.15) is 33.3 Å². The maximum absolute atomic E-state index is 6.38. The van der Waals surface area contributed by atoms with Gasteiger partial charge in [0.15, 0.2) is 0 Å². The molecule has 36 heavy (non-hydrogen) atoms. The predicted molar refractivity (Wildman–Crippen MR) is 150 cm³/mol. The third-order valence-electron chi connectivity index (χ3n) is 7.72. The van der Waals surface area contributed by atoms with Gasteiger partial charge in [0.05, 0.1) is 22.2 Å². The highest BCUT2D eigenvalue weighted by molar-refractivity contribution is 6.62. The molecule has 0 N–H and O–H groups in total. The minimum absolute atomic E-state index is 0.387. The standard InChI is InChI=1S/C31H29BN2O2/c1-6-21-7-11-25(12-8-21)34-28-13-9-23(22-15-17-33-18-16-22)19-26(28)27-20-24(10-14-29(27)34)32-35-30(2,3)31(4,5)36-32/h6-20H,1H2,2-5H3. The van der Waals surface area contributed by atoms with Gasteiger partial charge < -0.3 is 13.9 Å². The number of benzene rings is 3. The van der Waals surface area contributed by atoms with E-state index in [2.05, 4.69) is 104 Å². The van der Waals surface area contributed by atoms with Crippen LogP contribution >= 0.6 is 0 Å². The topological polar surface area (TPSA) is 36.3 Å². The van der Waals surface area contributed by atoms with Gasteiger partial charge in [0.2, 0.25) is 0 Å². The molecule has 1 aliphatic heterocycles. The molecule has 1 fully saturated rings. The fraction of sp³-hybridized carbons (Fsp3) is 0.194. The minimum atomic E-state index is -0.409. The molecule has 0 amide bonds. The molecule has 1 aliphatic rings. The van der Waals surface area contributed by atoms with E-state index in [1.54, 1.807) is 0 Å². The van der Waals surface area contributed by atoms with Crippen LogP contribution in [0.5, 0.6) is 0 Å². The lowest BCUT2D eigenvalue weighted by Gasteiger charge is -2.32. The average molecular weight is 472 g/mol. The minimum Gasteiger partial charge on any atom is -0.399 e. The zero-order chi connectivity index (χ0) is 25.1. The maximum atomic E-state index is 6.38. The number of fused-ring (bicyclic) bond motifs is 3. The largest absolute Gasteiger partial charge is 0.494 e. The van der Waals surface area contributed by atoms with E-state index in [1.807, 2.05) is 30.6 Å². The molecule has 0 bridgehead atoms. The molecule has 0 spiro atoms. The zero-order valence-corrected chi connectivity index (χ0v) is 21.2. The molecule has 4 nitrogen and oxygen atoms in total. The van der Waals surface area contributed by atoms with Crippen LogP contribution in [-0.2, 0) is 9.31 Å². The summed E-state index contributed by atoms with van der Waals surface area (Å²) < 4.78 is 15.1. The Morgan fingerprint density at radius 1 is 0.750 bits per heavy atom. The van der Waals surface area contributed by atoms with Crippen LogP contribution in [0.15, 0.2) is 91.8 Å². The Hall–Kier alpha value is -3.67. The van der Waals surface area contributed by atoms with Gasteiger partial charge in [-0.15, -0.1) is 0 Å². The number of pyridine rings is 1. The highest BCUT2D eigenvalue weighted by atomic mass is 16.7. The van der Waals surface area contributed by atoms with E-state index in [4.69, 9.17) is 9.31 Å². The molecule has 0 unspecified atom stereocenters. The molecule has 0 aliphatic carbocycles. The van der Waals surface area contributed by atoms with Gasteiger partial charge in [-0.1, -0.05) is 43.0 Å². The lowest BCUT2D eigenvalue weighted by atomic mass is 9.78.